The van der Waals surface area contributed by atoms with Gasteiger partial charge >= 0.3 is 0 Å². The number of benzene rings is 2. The highest BCUT2D eigenvalue weighted by Crippen LogP contribution is 2.32. The number of halogens is 1. The quantitative estimate of drug-likeness (QED) is 0.595. The number of morpholine rings is 1. The molecule has 0 saturated carbocycles. The molecule has 170 valence electrons. The van der Waals surface area contributed by atoms with Crippen molar-refractivity contribution in [2.24, 2.45) is 4.99 Å². The third-order valence-electron chi connectivity index (χ3n) is 5.55. The van der Waals surface area contributed by atoms with Gasteiger partial charge in [-0.1, -0.05) is 23.7 Å². The number of amides is 1. The van der Waals surface area contributed by atoms with Crippen LogP contribution in [0.1, 0.15) is 30.6 Å². The summed E-state index contributed by atoms with van der Waals surface area (Å²) in [6.07, 6.45) is 0.498. The number of fused-ring (bicyclic) bond motifs is 1. The molecule has 0 aromatic heterocycles. The average Bonchev–Trinajstić information content (AvgIpc) is 2.82. The fourth-order valence-electron chi connectivity index (χ4n) is 3.89. The van der Waals surface area contributed by atoms with E-state index < -0.39 is 0 Å². The molecule has 2 N–H and O–H groups in total. The molecule has 0 radical (unpaired) electrons. The van der Waals surface area contributed by atoms with Gasteiger partial charge in [0.1, 0.15) is 17.6 Å². The van der Waals surface area contributed by atoms with E-state index in [1.54, 1.807) is 6.07 Å². The first-order valence-corrected chi connectivity index (χ1v) is 11.5. The molecule has 2 aromatic carbocycles. The number of ether oxygens (including phenoxy) is 2. The number of nitrogens with zero attached hydrogens (tertiary/aromatic N) is 2. The molecule has 1 unspecified atom stereocenters. The maximum Gasteiger partial charge on any atom is 0.270 e. The summed E-state index contributed by atoms with van der Waals surface area (Å²) < 4.78 is 10.9. The van der Waals surface area contributed by atoms with Crippen LogP contribution in [0.3, 0.4) is 0 Å². The molecule has 1 atom stereocenters. The van der Waals surface area contributed by atoms with E-state index >= 15 is 0 Å². The first-order valence-electron chi connectivity index (χ1n) is 11.1. The van der Waals surface area contributed by atoms with E-state index in [1.165, 1.54) is 0 Å². The van der Waals surface area contributed by atoms with E-state index in [0.29, 0.717) is 23.9 Å². The Balaban J connectivity index is 1.46. The van der Waals surface area contributed by atoms with Crippen LogP contribution in [0.2, 0.25) is 5.02 Å². The maximum absolute atomic E-state index is 13.1. The minimum atomic E-state index is -0.384. The summed E-state index contributed by atoms with van der Waals surface area (Å²) in [7, 11) is 0. The molecule has 0 spiro atoms. The number of hydrogen-bond donors (Lipinski definition) is 2. The fourth-order valence-corrected chi connectivity index (χ4v) is 4.06. The van der Waals surface area contributed by atoms with Gasteiger partial charge in [0, 0.05) is 35.9 Å². The summed E-state index contributed by atoms with van der Waals surface area (Å²) in [6, 6.07) is 13.2. The standard InChI is InChI=1S/C24H29ClN4O3/c1-2-32-19-7-4-17(5-8-19)23-27-21-16-18(25)6-9-20(21)22(28-23)24(30)26-10-3-11-29-12-14-31-15-13-29/h4-9,16,23,27H,2-3,10-15H2,1H3,(H,26,30). The van der Waals surface area contributed by atoms with Crippen LogP contribution in [0, 0.1) is 0 Å². The van der Waals surface area contributed by atoms with Gasteiger partial charge in [0.05, 0.1) is 19.8 Å². The highest BCUT2D eigenvalue weighted by atomic mass is 35.5. The molecule has 2 aliphatic rings. The molecule has 2 aliphatic heterocycles. The Bertz CT molecular complexity index is 958. The van der Waals surface area contributed by atoms with Crippen LogP contribution in [0.4, 0.5) is 5.69 Å². The summed E-state index contributed by atoms with van der Waals surface area (Å²) in [4.78, 5) is 20.2. The Labute approximate surface area is 193 Å². The summed E-state index contributed by atoms with van der Waals surface area (Å²) in [6.45, 7) is 7.56. The minimum absolute atomic E-state index is 0.173. The first-order chi connectivity index (χ1) is 15.6. The second kappa shape index (κ2) is 10.8. The van der Waals surface area contributed by atoms with Crippen LogP contribution >= 0.6 is 11.6 Å². The molecule has 1 amide bonds. The van der Waals surface area contributed by atoms with Gasteiger partial charge in [0.15, 0.2) is 0 Å². The lowest BCUT2D eigenvalue weighted by molar-refractivity contribution is -0.114. The molecule has 2 aromatic rings. The number of hydrogen-bond acceptors (Lipinski definition) is 6. The average molecular weight is 457 g/mol. The van der Waals surface area contributed by atoms with E-state index in [4.69, 9.17) is 26.1 Å². The van der Waals surface area contributed by atoms with Gasteiger partial charge in [0.2, 0.25) is 0 Å². The third kappa shape index (κ3) is 5.59. The van der Waals surface area contributed by atoms with Crippen LogP contribution in [0.25, 0.3) is 0 Å². The lowest BCUT2D eigenvalue weighted by Gasteiger charge is -2.27. The molecule has 1 saturated heterocycles. The molecule has 32 heavy (non-hydrogen) atoms. The van der Waals surface area contributed by atoms with Gasteiger partial charge < -0.3 is 20.1 Å². The second-order valence-corrected chi connectivity index (χ2v) is 8.22. The maximum atomic E-state index is 13.1. The third-order valence-corrected chi connectivity index (χ3v) is 5.78. The highest BCUT2D eigenvalue weighted by Gasteiger charge is 2.26. The predicted octanol–water partition coefficient (Wildman–Crippen LogP) is 3.49. The highest BCUT2D eigenvalue weighted by molar-refractivity contribution is 6.47. The van der Waals surface area contributed by atoms with E-state index in [9.17, 15) is 4.79 Å². The molecular formula is C24H29ClN4O3. The lowest BCUT2D eigenvalue weighted by atomic mass is 10.0. The van der Waals surface area contributed by atoms with Crippen molar-refractivity contribution in [3.05, 3.63) is 58.6 Å². The Morgan fingerprint density at radius 3 is 2.78 bits per heavy atom. The molecule has 1 fully saturated rings. The monoisotopic (exact) mass is 456 g/mol. The van der Waals surface area contributed by atoms with E-state index in [-0.39, 0.29) is 12.1 Å². The van der Waals surface area contributed by atoms with Crippen molar-refractivity contribution in [3.63, 3.8) is 0 Å². The van der Waals surface area contributed by atoms with Gasteiger partial charge in [0.25, 0.3) is 5.91 Å². The van der Waals surface area contributed by atoms with Crippen molar-refractivity contribution in [2.75, 3.05) is 51.3 Å². The van der Waals surface area contributed by atoms with E-state index in [1.807, 2.05) is 43.3 Å². The summed E-state index contributed by atoms with van der Waals surface area (Å²) >= 11 is 6.22. The normalized spacial score (nSPS) is 18.3. The van der Waals surface area contributed by atoms with Gasteiger partial charge in [-0.15, -0.1) is 0 Å². The minimum Gasteiger partial charge on any atom is -0.494 e. The van der Waals surface area contributed by atoms with Crippen LogP contribution in [-0.2, 0) is 9.53 Å². The van der Waals surface area contributed by atoms with Crippen molar-refractivity contribution >= 4 is 28.9 Å². The van der Waals surface area contributed by atoms with Crippen LogP contribution < -0.4 is 15.4 Å². The van der Waals surface area contributed by atoms with E-state index in [2.05, 4.69) is 15.5 Å². The zero-order valence-corrected chi connectivity index (χ0v) is 19.0. The molecule has 0 aliphatic carbocycles. The number of aliphatic imine (C=N–C) groups is 1. The Hall–Kier alpha value is -2.61. The van der Waals surface area contributed by atoms with Crippen molar-refractivity contribution in [1.29, 1.82) is 0 Å². The Morgan fingerprint density at radius 2 is 2.03 bits per heavy atom. The van der Waals surface area contributed by atoms with Gasteiger partial charge in [-0.05, 0) is 55.8 Å². The van der Waals surface area contributed by atoms with Crippen molar-refractivity contribution < 1.29 is 14.3 Å². The Morgan fingerprint density at radius 1 is 1.25 bits per heavy atom. The molecule has 0 bridgehead atoms. The number of carbonyl (C=O) groups excluding carboxylic acids is 1. The SMILES string of the molecule is CCOc1ccc(C2N=C(C(=O)NCCCN3CCOCC3)c3ccc(Cl)cc3N2)cc1. The summed E-state index contributed by atoms with van der Waals surface area (Å²) in [5.41, 5.74) is 2.91. The first kappa shape index (κ1) is 22.6. The number of carbonyl (C=O) groups is 1. The molecular weight excluding hydrogens is 428 g/mol. The smallest absolute Gasteiger partial charge is 0.270 e. The van der Waals surface area contributed by atoms with Gasteiger partial charge in [-0.3, -0.25) is 9.69 Å². The fraction of sp³-hybridized carbons (Fsp3) is 0.417. The zero-order chi connectivity index (χ0) is 22.3. The van der Waals surface area contributed by atoms with Crippen molar-refractivity contribution in [1.82, 2.24) is 10.2 Å². The van der Waals surface area contributed by atoms with Gasteiger partial charge in [-0.25, -0.2) is 4.99 Å². The van der Waals surface area contributed by atoms with E-state index in [0.717, 1.165) is 61.8 Å². The second-order valence-electron chi connectivity index (χ2n) is 7.78. The lowest BCUT2D eigenvalue weighted by Crippen LogP contribution is -2.39. The largest absolute Gasteiger partial charge is 0.494 e. The number of rotatable bonds is 8. The van der Waals surface area contributed by atoms with Crippen molar-refractivity contribution in [3.8, 4) is 5.75 Å². The van der Waals surface area contributed by atoms with Crippen molar-refractivity contribution in [2.45, 2.75) is 19.5 Å². The summed E-state index contributed by atoms with van der Waals surface area (Å²) in [5, 5.41) is 7.03. The van der Waals surface area contributed by atoms with Gasteiger partial charge in [-0.2, -0.15) is 0 Å². The Kier molecular flexibility index (Phi) is 7.63. The predicted molar refractivity (Wildman–Crippen MR) is 127 cm³/mol. The summed E-state index contributed by atoms with van der Waals surface area (Å²) in [5.74, 6) is 0.630. The number of anilines is 1. The molecule has 2 heterocycles. The van der Waals surface area contributed by atoms with Crippen LogP contribution in [0.15, 0.2) is 47.5 Å². The van der Waals surface area contributed by atoms with Crippen LogP contribution in [0.5, 0.6) is 5.75 Å². The number of nitrogens with one attached hydrogen (secondary N) is 2. The molecule has 4 rings (SSSR count). The topological polar surface area (TPSA) is 75.2 Å². The molecule has 7 nitrogen and oxygen atoms in total. The van der Waals surface area contributed by atoms with Crippen LogP contribution in [-0.4, -0.2) is 62.5 Å². The zero-order valence-electron chi connectivity index (χ0n) is 18.3. The molecule has 8 heteroatoms.